The minimum atomic E-state index is -4.30. The number of nitrogens with zero attached hydrogens (tertiary/aromatic N) is 1. The molecule has 1 saturated heterocycles. The van der Waals surface area contributed by atoms with Crippen LogP contribution in [0, 0.1) is 0 Å². The lowest BCUT2D eigenvalue weighted by Crippen LogP contribution is -2.71. The van der Waals surface area contributed by atoms with Gasteiger partial charge in [-0.05, 0) is 44.0 Å². The monoisotopic (exact) mass is 446 g/mol. The first kappa shape index (κ1) is 22.9. The highest BCUT2D eigenvalue weighted by molar-refractivity contribution is 7.89. The van der Waals surface area contributed by atoms with E-state index in [1.54, 1.807) is 32.9 Å². The van der Waals surface area contributed by atoms with Gasteiger partial charge in [0.1, 0.15) is 5.60 Å². The van der Waals surface area contributed by atoms with Crippen molar-refractivity contribution < 1.29 is 27.9 Å². The summed E-state index contributed by atoms with van der Waals surface area (Å²) < 4.78 is 33.0. The highest BCUT2D eigenvalue weighted by Gasteiger charge is 2.59. The van der Waals surface area contributed by atoms with E-state index >= 15 is 0 Å². The largest absolute Gasteiger partial charge is 0.479 e. The summed E-state index contributed by atoms with van der Waals surface area (Å²) in [5, 5.41) is 12.8. The lowest BCUT2D eigenvalue weighted by Gasteiger charge is -2.42. The summed E-state index contributed by atoms with van der Waals surface area (Å²) in [6.45, 7) is 4.42. The molecule has 0 spiro atoms. The number of hydrogen-bond acceptors (Lipinski definition) is 6. The van der Waals surface area contributed by atoms with Gasteiger partial charge in [-0.15, -0.1) is 0 Å². The number of carbonyl (C=O) groups excluding carboxylic acids is 1. The van der Waals surface area contributed by atoms with Crippen LogP contribution in [0.2, 0.25) is 0 Å². The second-order valence-electron chi connectivity index (χ2n) is 8.31. The number of rotatable bonds is 5. The first-order chi connectivity index (χ1) is 14.5. The predicted molar refractivity (Wildman–Crippen MR) is 115 cm³/mol. The number of hydrogen-bond donors (Lipinski definition) is 2. The molecule has 0 bridgehead atoms. The van der Waals surface area contributed by atoms with Crippen molar-refractivity contribution in [3.05, 3.63) is 54.6 Å². The van der Waals surface area contributed by atoms with Crippen molar-refractivity contribution in [3.8, 4) is 11.1 Å². The fourth-order valence-electron chi connectivity index (χ4n) is 3.44. The van der Waals surface area contributed by atoms with Crippen LogP contribution in [0.25, 0.3) is 11.1 Å². The smallest absolute Gasteiger partial charge is 0.341 e. The summed E-state index contributed by atoms with van der Waals surface area (Å²) in [6, 6.07) is 15.6. The van der Waals surface area contributed by atoms with E-state index < -0.39 is 39.6 Å². The third-order valence-electron chi connectivity index (χ3n) is 4.94. The number of nitrogens with one attached hydrogen (secondary N) is 1. The van der Waals surface area contributed by atoms with E-state index in [-0.39, 0.29) is 18.0 Å². The number of piperazine rings is 1. The Morgan fingerprint density at radius 1 is 1.03 bits per heavy atom. The van der Waals surface area contributed by atoms with Crippen molar-refractivity contribution in [1.82, 2.24) is 9.62 Å². The van der Waals surface area contributed by atoms with E-state index in [0.29, 0.717) is 0 Å². The number of aliphatic carboxylic acids is 1. The third kappa shape index (κ3) is 4.48. The van der Waals surface area contributed by atoms with Crippen LogP contribution in [0.5, 0.6) is 0 Å². The fraction of sp³-hybridized carbons (Fsp3) is 0.364. The van der Waals surface area contributed by atoms with Crippen LogP contribution in [0.4, 0.5) is 0 Å². The molecule has 1 fully saturated rings. The van der Waals surface area contributed by atoms with Crippen molar-refractivity contribution in [2.24, 2.45) is 0 Å². The molecule has 0 unspecified atom stereocenters. The van der Waals surface area contributed by atoms with E-state index in [0.717, 1.165) is 15.4 Å². The van der Waals surface area contributed by atoms with E-state index in [1.165, 1.54) is 12.1 Å². The molecule has 3 rings (SSSR count). The Kier molecular flexibility index (Phi) is 6.22. The normalized spacial score (nSPS) is 20.2. The van der Waals surface area contributed by atoms with Crippen LogP contribution in [-0.2, 0) is 24.3 Å². The Morgan fingerprint density at radius 2 is 1.61 bits per heavy atom. The quantitative estimate of drug-likeness (QED) is 0.534. The first-order valence-electron chi connectivity index (χ1n) is 9.84. The van der Waals surface area contributed by atoms with Gasteiger partial charge in [-0.2, -0.15) is 4.31 Å². The molecule has 166 valence electrons. The van der Waals surface area contributed by atoms with Crippen LogP contribution in [0.1, 0.15) is 20.8 Å². The number of sulfonamides is 1. The zero-order chi connectivity index (χ0) is 22.9. The summed E-state index contributed by atoms with van der Waals surface area (Å²) >= 11 is 0. The van der Waals surface area contributed by atoms with Gasteiger partial charge in [-0.3, -0.25) is 0 Å². The second-order valence-corrected chi connectivity index (χ2v) is 10.2. The molecule has 0 radical (unpaired) electrons. The van der Waals surface area contributed by atoms with Crippen molar-refractivity contribution in [2.45, 2.75) is 36.8 Å². The third-order valence-corrected chi connectivity index (χ3v) is 6.88. The number of esters is 1. The number of benzene rings is 2. The maximum atomic E-state index is 13.5. The van der Waals surface area contributed by atoms with Gasteiger partial charge in [0.25, 0.3) is 0 Å². The molecule has 2 N–H and O–H groups in total. The van der Waals surface area contributed by atoms with Crippen molar-refractivity contribution >= 4 is 22.0 Å². The summed E-state index contributed by atoms with van der Waals surface area (Å²) in [6.07, 6.45) is 0. The Morgan fingerprint density at radius 3 is 2.16 bits per heavy atom. The van der Waals surface area contributed by atoms with Gasteiger partial charge >= 0.3 is 11.9 Å². The summed E-state index contributed by atoms with van der Waals surface area (Å²) in [4.78, 5) is 25.1. The zero-order valence-electron chi connectivity index (χ0n) is 17.7. The first-order valence-corrected chi connectivity index (χ1v) is 11.3. The average molecular weight is 447 g/mol. The number of carboxylic acid groups (broad SMARTS) is 1. The van der Waals surface area contributed by atoms with Gasteiger partial charge < -0.3 is 15.2 Å². The summed E-state index contributed by atoms with van der Waals surface area (Å²) in [7, 11) is -4.30. The lowest BCUT2D eigenvalue weighted by molar-refractivity contribution is -0.176. The zero-order valence-corrected chi connectivity index (χ0v) is 18.5. The van der Waals surface area contributed by atoms with E-state index in [4.69, 9.17) is 4.74 Å². The molecule has 1 aliphatic heterocycles. The molecule has 2 aromatic carbocycles. The molecule has 31 heavy (non-hydrogen) atoms. The Hall–Kier alpha value is -2.75. The Bertz CT molecular complexity index is 1060. The minimum absolute atomic E-state index is 0.0942. The minimum Gasteiger partial charge on any atom is -0.479 e. The number of carbonyl (C=O) groups is 2. The molecular formula is C22H26N2O6S. The number of carboxylic acids is 1. The molecule has 1 atom stereocenters. The highest BCUT2D eigenvalue weighted by atomic mass is 32.2. The van der Waals surface area contributed by atoms with Crippen LogP contribution in [0.15, 0.2) is 59.5 Å². The van der Waals surface area contributed by atoms with Crippen molar-refractivity contribution in [3.63, 3.8) is 0 Å². The van der Waals surface area contributed by atoms with Crippen molar-refractivity contribution in [1.29, 1.82) is 0 Å². The highest BCUT2D eigenvalue weighted by Crippen LogP contribution is 2.31. The van der Waals surface area contributed by atoms with Crippen LogP contribution < -0.4 is 5.32 Å². The van der Waals surface area contributed by atoms with Gasteiger partial charge in [0.15, 0.2) is 0 Å². The maximum absolute atomic E-state index is 13.5. The average Bonchev–Trinajstić information content (AvgIpc) is 2.73. The molecule has 1 aliphatic rings. The van der Waals surface area contributed by atoms with Gasteiger partial charge in [0, 0.05) is 19.6 Å². The Labute approximate surface area is 181 Å². The molecular weight excluding hydrogens is 420 g/mol. The molecule has 2 aromatic rings. The molecule has 0 amide bonds. The van der Waals surface area contributed by atoms with Crippen molar-refractivity contribution in [2.75, 3.05) is 19.6 Å². The molecule has 8 nitrogen and oxygen atoms in total. The predicted octanol–water partition coefficient (Wildman–Crippen LogP) is 2.11. The Balaban J connectivity index is 2.02. The molecule has 0 saturated carbocycles. The number of ether oxygens (including phenoxy) is 1. The molecule has 0 aromatic heterocycles. The van der Waals surface area contributed by atoms with E-state index in [1.807, 2.05) is 30.3 Å². The van der Waals surface area contributed by atoms with Gasteiger partial charge in [-0.1, -0.05) is 42.5 Å². The topological polar surface area (TPSA) is 113 Å². The van der Waals surface area contributed by atoms with Crippen LogP contribution in [0.3, 0.4) is 0 Å². The van der Waals surface area contributed by atoms with E-state index in [9.17, 15) is 23.1 Å². The molecule has 0 aliphatic carbocycles. The van der Waals surface area contributed by atoms with Crippen LogP contribution in [-0.4, -0.2) is 60.5 Å². The standard InChI is InChI=1S/C22H26N2O6S/c1-21(2,3)30-20(27)22(19(25)26)15-23-13-14-24(22)31(28,29)18-11-9-17(10-12-18)16-7-5-4-6-8-16/h4-12,23H,13-15H2,1-3H3,(H,25,26)/t22-/m0/s1. The SMILES string of the molecule is CC(C)(C)OC(=O)[C@@]1(C(=O)O)CNCCN1S(=O)(=O)c1ccc(-c2ccccc2)cc1. The van der Waals surface area contributed by atoms with Gasteiger partial charge in [0.05, 0.1) is 4.90 Å². The van der Waals surface area contributed by atoms with E-state index in [2.05, 4.69) is 5.32 Å². The molecule has 9 heteroatoms. The van der Waals surface area contributed by atoms with Gasteiger partial charge in [0.2, 0.25) is 15.6 Å². The van der Waals surface area contributed by atoms with Gasteiger partial charge in [-0.25, -0.2) is 18.0 Å². The maximum Gasteiger partial charge on any atom is 0.341 e. The lowest BCUT2D eigenvalue weighted by atomic mass is 9.97. The fourth-order valence-corrected chi connectivity index (χ4v) is 5.13. The molecule has 1 heterocycles. The van der Waals surface area contributed by atoms with Crippen LogP contribution >= 0.6 is 0 Å². The summed E-state index contributed by atoms with van der Waals surface area (Å²) in [5.74, 6) is -2.71. The summed E-state index contributed by atoms with van der Waals surface area (Å²) in [5.41, 5.74) is -1.65. The second kappa shape index (κ2) is 8.41.